The predicted octanol–water partition coefficient (Wildman–Crippen LogP) is 4.71. The van der Waals surface area contributed by atoms with Gasteiger partial charge in [0.25, 0.3) is 0 Å². The van der Waals surface area contributed by atoms with Gasteiger partial charge in [0.1, 0.15) is 5.75 Å². The van der Waals surface area contributed by atoms with E-state index in [1.807, 2.05) is 24.3 Å². The number of nitrogens with one attached hydrogen (secondary N) is 1. The molecule has 0 radical (unpaired) electrons. The van der Waals surface area contributed by atoms with E-state index in [0.717, 1.165) is 11.1 Å². The second-order valence-electron chi connectivity index (χ2n) is 7.09. The molecule has 0 fully saturated rings. The first-order valence-electron chi connectivity index (χ1n) is 9.64. The number of hydrogen-bond acceptors (Lipinski definition) is 5. The number of nitrogens with zero attached hydrogens (tertiary/aromatic N) is 2. The molecule has 0 bridgehead atoms. The molecule has 1 N–H and O–H groups in total. The first-order chi connectivity index (χ1) is 14.4. The molecule has 30 heavy (non-hydrogen) atoms. The highest BCUT2D eigenvalue weighted by molar-refractivity contribution is 5.76. The summed E-state index contributed by atoms with van der Waals surface area (Å²) < 4.78 is 33.8. The molecule has 0 aliphatic carbocycles. The van der Waals surface area contributed by atoms with Crippen LogP contribution >= 0.6 is 0 Å². The third kappa shape index (κ3) is 6.10. The van der Waals surface area contributed by atoms with E-state index in [-0.39, 0.29) is 24.6 Å². The minimum absolute atomic E-state index is 0.0751. The molecule has 1 heterocycles. The fraction of sp³-hybridized carbons (Fsp3) is 0.318. The Kier molecular flexibility index (Phi) is 7.11. The molecule has 0 spiro atoms. The van der Waals surface area contributed by atoms with Crippen LogP contribution in [0.3, 0.4) is 0 Å². The molecule has 1 aromatic heterocycles. The fourth-order valence-corrected chi connectivity index (χ4v) is 2.79. The Balaban J connectivity index is 1.46. The van der Waals surface area contributed by atoms with Crippen LogP contribution in [0, 0.1) is 0 Å². The molecule has 0 saturated heterocycles. The van der Waals surface area contributed by atoms with Crippen LogP contribution in [0.4, 0.5) is 8.78 Å². The summed E-state index contributed by atoms with van der Waals surface area (Å²) in [6.07, 6.45) is 0.518. The Bertz CT molecular complexity index is 955. The minimum Gasteiger partial charge on any atom is -0.435 e. The SMILES string of the molecule is CC(C)c1ccc(-c2noc(CCC(=O)NCc3ccc(OC(F)F)cc3)n2)cc1. The number of halogens is 2. The molecule has 0 aliphatic heterocycles. The zero-order valence-electron chi connectivity index (χ0n) is 16.8. The summed E-state index contributed by atoms with van der Waals surface area (Å²) in [5.74, 6) is 1.23. The lowest BCUT2D eigenvalue weighted by Gasteiger charge is -2.07. The third-order valence-corrected chi connectivity index (χ3v) is 4.51. The molecule has 3 aromatic rings. The molecule has 1 amide bonds. The first-order valence-corrected chi connectivity index (χ1v) is 9.64. The van der Waals surface area contributed by atoms with Gasteiger partial charge in [0.05, 0.1) is 0 Å². The molecule has 0 aliphatic rings. The summed E-state index contributed by atoms with van der Waals surface area (Å²) in [4.78, 5) is 16.4. The number of carbonyl (C=O) groups excluding carboxylic acids is 1. The number of aromatic nitrogens is 2. The topological polar surface area (TPSA) is 77.2 Å². The second kappa shape index (κ2) is 9.96. The van der Waals surface area contributed by atoms with Crippen LogP contribution in [0.2, 0.25) is 0 Å². The van der Waals surface area contributed by atoms with Crippen molar-refractivity contribution >= 4 is 5.91 Å². The number of amides is 1. The van der Waals surface area contributed by atoms with Crippen molar-refractivity contribution in [2.45, 2.75) is 45.8 Å². The molecule has 158 valence electrons. The van der Waals surface area contributed by atoms with Crippen LogP contribution in [0.25, 0.3) is 11.4 Å². The number of hydrogen-bond donors (Lipinski definition) is 1. The summed E-state index contributed by atoms with van der Waals surface area (Å²) in [6.45, 7) is 1.68. The fourth-order valence-electron chi connectivity index (χ4n) is 2.79. The Morgan fingerprint density at radius 3 is 2.43 bits per heavy atom. The maximum absolute atomic E-state index is 12.1. The van der Waals surface area contributed by atoms with Gasteiger partial charge >= 0.3 is 6.61 Å². The lowest BCUT2D eigenvalue weighted by molar-refractivity contribution is -0.121. The summed E-state index contributed by atoms with van der Waals surface area (Å²) in [5.41, 5.74) is 2.86. The van der Waals surface area contributed by atoms with E-state index in [4.69, 9.17) is 4.52 Å². The predicted molar refractivity (Wildman–Crippen MR) is 107 cm³/mol. The van der Waals surface area contributed by atoms with Crippen LogP contribution in [0.1, 0.15) is 43.2 Å². The number of aryl methyl sites for hydroxylation is 1. The average molecular weight is 415 g/mol. The van der Waals surface area contributed by atoms with E-state index < -0.39 is 6.61 Å². The largest absolute Gasteiger partial charge is 0.435 e. The van der Waals surface area contributed by atoms with Crippen molar-refractivity contribution in [1.29, 1.82) is 0 Å². The summed E-state index contributed by atoms with van der Waals surface area (Å²) in [5, 5.41) is 6.75. The zero-order valence-corrected chi connectivity index (χ0v) is 16.8. The van der Waals surface area contributed by atoms with Crippen molar-refractivity contribution in [1.82, 2.24) is 15.5 Å². The van der Waals surface area contributed by atoms with E-state index in [0.29, 0.717) is 24.1 Å². The van der Waals surface area contributed by atoms with Gasteiger partial charge < -0.3 is 14.6 Å². The third-order valence-electron chi connectivity index (χ3n) is 4.51. The van der Waals surface area contributed by atoms with Gasteiger partial charge in [-0.25, -0.2) is 0 Å². The van der Waals surface area contributed by atoms with Crippen LogP contribution < -0.4 is 10.1 Å². The average Bonchev–Trinajstić information content (AvgIpc) is 3.20. The minimum atomic E-state index is -2.86. The van der Waals surface area contributed by atoms with Gasteiger partial charge in [-0.15, -0.1) is 0 Å². The number of alkyl halides is 2. The monoisotopic (exact) mass is 415 g/mol. The first kappa shape index (κ1) is 21.4. The van der Waals surface area contributed by atoms with E-state index in [1.165, 1.54) is 17.7 Å². The quantitative estimate of drug-likeness (QED) is 0.548. The number of rotatable bonds is 9. The van der Waals surface area contributed by atoms with Crippen molar-refractivity contribution in [2.24, 2.45) is 0 Å². The number of benzene rings is 2. The van der Waals surface area contributed by atoms with Crippen LogP contribution in [0.15, 0.2) is 53.1 Å². The normalized spacial score (nSPS) is 11.1. The van der Waals surface area contributed by atoms with E-state index in [1.54, 1.807) is 12.1 Å². The van der Waals surface area contributed by atoms with Crippen molar-refractivity contribution in [3.05, 3.63) is 65.5 Å². The zero-order chi connectivity index (χ0) is 21.5. The smallest absolute Gasteiger partial charge is 0.387 e. The van der Waals surface area contributed by atoms with Crippen molar-refractivity contribution in [3.63, 3.8) is 0 Å². The lowest BCUT2D eigenvalue weighted by Crippen LogP contribution is -2.23. The van der Waals surface area contributed by atoms with Gasteiger partial charge in [0.15, 0.2) is 0 Å². The molecule has 0 unspecified atom stereocenters. The van der Waals surface area contributed by atoms with Gasteiger partial charge in [-0.2, -0.15) is 13.8 Å². The van der Waals surface area contributed by atoms with Gasteiger partial charge in [0.2, 0.25) is 17.6 Å². The molecule has 0 atom stereocenters. The second-order valence-corrected chi connectivity index (χ2v) is 7.09. The maximum atomic E-state index is 12.1. The summed E-state index contributed by atoms with van der Waals surface area (Å²) in [6, 6.07) is 14.1. The van der Waals surface area contributed by atoms with Gasteiger partial charge in [-0.1, -0.05) is 55.4 Å². The van der Waals surface area contributed by atoms with Gasteiger partial charge in [0, 0.05) is 24.9 Å². The van der Waals surface area contributed by atoms with Crippen molar-refractivity contribution in [3.8, 4) is 17.1 Å². The maximum Gasteiger partial charge on any atom is 0.387 e. The number of ether oxygens (including phenoxy) is 1. The highest BCUT2D eigenvalue weighted by Crippen LogP contribution is 2.21. The Labute approximate surface area is 173 Å². The van der Waals surface area contributed by atoms with E-state index in [9.17, 15) is 13.6 Å². The molecule has 2 aromatic carbocycles. The van der Waals surface area contributed by atoms with Crippen LogP contribution in [-0.2, 0) is 17.8 Å². The van der Waals surface area contributed by atoms with Crippen LogP contribution in [0.5, 0.6) is 5.75 Å². The molecule has 6 nitrogen and oxygen atoms in total. The van der Waals surface area contributed by atoms with E-state index in [2.05, 4.69) is 34.0 Å². The van der Waals surface area contributed by atoms with Crippen molar-refractivity contribution < 1.29 is 22.8 Å². The number of carbonyl (C=O) groups is 1. The summed E-state index contributed by atoms with van der Waals surface area (Å²) >= 11 is 0. The highest BCUT2D eigenvalue weighted by atomic mass is 19.3. The summed E-state index contributed by atoms with van der Waals surface area (Å²) in [7, 11) is 0. The Morgan fingerprint density at radius 2 is 1.80 bits per heavy atom. The van der Waals surface area contributed by atoms with E-state index >= 15 is 0 Å². The van der Waals surface area contributed by atoms with Crippen LogP contribution in [-0.4, -0.2) is 22.7 Å². The van der Waals surface area contributed by atoms with Crippen molar-refractivity contribution in [2.75, 3.05) is 0 Å². The molecular weight excluding hydrogens is 392 g/mol. The van der Waals surface area contributed by atoms with Gasteiger partial charge in [-0.3, -0.25) is 4.79 Å². The standard InChI is InChI=1S/C22H23F2N3O3/c1-14(2)16-5-7-17(8-6-16)21-26-20(30-27-21)12-11-19(28)25-13-15-3-9-18(10-4-15)29-22(23)24/h3-10,14,22H,11-13H2,1-2H3,(H,25,28). The molecular formula is C22H23F2N3O3. The van der Waals surface area contributed by atoms with Gasteiger partial charge in [-0.05, 0) is 29.2 Å². The molecule has 0 saturated carbocycles. The molecule has 8 heteroatoms. The molecule has 3 rings (SSSR count). The Hall–Kier alpha value is -3.29. The Morgan fingerprint density at radius 1 is 1.10 bits per heavy atom. The highest BCUT2D eigenvalue weighted by Gasteiger charge is 2.11. The lowest BCUT2D eigenvalue weighted by atomic mass is 10.0.